The van der Waals surface area contributed by atoms with E-state index in [1.165, 1.54) is 12.8 Å². The van der Waals surface area contributed by atoms with E-state index in [1.54, 1.807) is 6.33 Å². The van der Waals surface area contributed by atoms with Crippen LogP contribution in [0.4, 0.5) is 0 Å². The SMILES string of the molecule is CCCn1ncnc1CNCC(Cl)C1CC1. The number of hydrogen-bond acceptors (Lipinski definition) is 3. The second-order valence-corrected chi connectivity index (χ2v) is 4.94. The molecule has 1 atom stereocenters. The Kier molecular flexibility index (Phi) is 4.18. The van der Waals surface area contributed by atoms with Crippen molar-refractivity contribution in [3.63, 3.8) is 0 Å². The first-order valence-electron chi connectivity index (χ1n) is 6.02. The molecular formula is C11H19ClN4. The Balaban J connectivity index is 1.73. The molecule has 5 heteroatoms. The first kappa shape index (κ1) is 11.9. The van der Waals surface area contributed by atoms with Crippen LogP contribution in [0.5, 0.6) is 0 Å². The average Bonchev–Trinajstić information content (AvgIpc) is 3.03. The Bertz CT molecular complexity index is 322. The molecule has 0 radical (unpaired) electrons. The molecule has 1 fully saturated rings. The first-order valence-corrected chi connectivity index (χ1v) is 6.46. The summed E-state index contributed by atoms with van der Waals surface area (Å²) < 4.78 is 1.95. The number of aryl methyl sites for hydroxylation is 1. The number of aromatic nitrogens is 3. The minimum absolute atomic E-state index is 0.280. The molecule has 1 aromatic rings. The topological polar surface area (TPSA) is 42.7 Å². The Morgan fingerprint density at radius 3 is 3.12 bits per heavy atom. The van der Waals surface area contributed by atoms with Gasteiger partial charge in [-0.25, -0.2) is 9.67 Å². The molecule has 16 heavy (non-hydrogen) atoms. The van der Waals surface area contributed by atoms with Crippen molar-refractivity contribution in [1.29, 1.82) is 0 Å². The Morgan fingerprint density at radius 2 is 2.44 bits per heavy atom. The predicted octanol–water partition coefficient (Wildman–Crippen LogP) is 1.80. The zero-order valence-electron chi connectivity index (χ0n) is 9.69. The molecule has 90 valence electrons. The number of hydrogen-bond donors (Lipinski definition) is 1. The van der Waals surface area contributed by atoms with E-state index in [1.807, 2.05) is 4.68 Å². The quantitative estimate of drug-likeness (QED) is 0.742. The number of rotatable bonds is 7. The van der Waals surface area contributed by atoms with Crippen molar-refractivity contribution in [2.24, 2.45) is 5.92 Å². The van der Waals surface area contributed by atoms with Gasteiger partial charge in [-0.15, -0.1) is 11.6 Å². The molecule has 1 aliphatic rings. The van der Waals surface area contributed by atoms with Crippen LogP contribution in [0.15, 0.2) is 6.33 Å². The van der Waals surface area contributed by atoms with E-state index in [2.05, 4.69) is 22.3 Å². The molecule has 1 saturated carbocycles. The highest BCUT2D eigenvalue weighted by Crippen LogP contribution is 2.35. The van der Waals surface area contributed by atoms with Crippen LogP contribution in [0.3, 0.4) is 0 Å². The van der Waals surface area contributed by atoms with Crippen molar-refractivity contribution in [3.8, 4) is 0 Å². The fraction of sp³-hybridized carbons (Fsp3) is 0.818. The van der Waals surface area contributed by atoms with Crippen molar-refractivity contribution in [2.75, 3.05) is 6.54 Å². The van der Waals surface area contributed by atoms with Gasteiger partial charge in [0.25, 0.3) is 0 Å². The molecule has 0 saturated heterocycles. The van der Waals surface area contributed by atoms with E-state index in [-0.39, 0.29) is 5.38 Å². The maximum absolute atomic E-state index is 6.21. The van der Waals surface area contributed by atoms with Crippen molar-refractivity contribution in [3.05, 3.63) is 12.2 Å². The molecule has 0 bridgehead atoms. The van der Waals surface area contributed by atoms with Gasteiger partial charge in [0, 0.05) is 18.5 Å². The average molecular weight is 243 g/mol. The monoisotopic (exact) mass is 242 g/mol. The van der Waals surface area contributed by atoms with E-state index >= 15 is 0 Å². The van der Waals surface area contributed by atoms with E-state index in [4.69, 9.17) is 11.6 Å². The number of nitrogens with zero attached hydrogens (tertiary/aromatic N) is 3. The van der Waals surface area contributed by atoms with Gasteiger partial charge >= 0.3 is 0 Å². The van der Waals surface area contributed by atoms with Gasteiger partial charge in [0.05, 0.1) is 6.54 Å². The Labute approximate surface area is 101 Å². The minimum Gasteiger partial charge on any atom is -0.308 e. The van der Waals surface area contributed by atoms with Crippen molar-refractivity contribution < 1.29 is 0 Å². The molecule has 1 aromatic heterocycles. The fourth-order valence-corrected chi connectivity index (χ4v) is 2.13. The first-order chi connectivity index (χ1) is 7.81. The summed E-state index contributed by atoms with van der Waals surface area (Å²) in [5, 5.41) is 7.82. The summed E-state index contributed by atoms with van der Waals surface area (Å²) in [4.78, 5) is 4.24. The summed E-state index contributed by atoms with van der Waals surface area (Å²) in [6, 6.07) is 0. The minimum atomic E-state index is 0.280. The van der Waals surface area contributed by atoms with E-state index < -0.39 is 0 Å². The molecule has 1 unspecified atom stereocenters. The Morgan fingerprint density at radius 1 is 1.62 bits per heavy atom. The molecule has 0 spiro atoms. The van der Waals surface area contributed by atoms with Gasteiger partial charge in [0.2, 0.25) is 0 Å². The second kappa shape index (κ2) is 5.64. The van der Waals surface area contributed by atoms with Crippen LogP contribution in [0.25, 0.3) is 0 Å². The van der Waals surface area contributed by atoms with Crippen molar-refractivity contribution in [2.45, 2.75) is 44.7 Å². The molecule has 1 N–H and O–H groups in total. The van der Waals surface area contributed by atoms with Gasteiger partial charge in [0.1, 0.15) is 12.2 Å². The van der Waals surface area contributed by atoms with E-state index in [9.17, 15) is 0 Å². The van der Waals surface area contributed by atoms with Crippen LogP contribution in [0.1, 0.15) is 32.0 Å². The Hall–Kier alpha value is -0.610. The third-order valence-electron chi connectivity index (χ3n) is 2.89. The van der Waals surface area contributed by atoms with Gasteiger partial charge < -0.3 is 5.32 Å². The highest BCUT2D eigenvalue weighted by Gasteiger charge is 2.29. The molecule has 0 amide bonds. The smallest absolute Gasteiger partial charge is 0.140 e. The number of halogens is 1. The van der Waals surface area contributed by atoms with E-state index in [0.717, 1.165) is 37.8 Å². The zero-order chi connectivity index (χ0) is 11.4. The van der Waals surface area contributed by atoms with Gasteiger partial charge in [-0.05, 0) is 25.2 Å². The highest BCUT2D eigenvalue weighted by molar-refractivity contribution is 6.21. The molecule has 0 aromatic carbocycles. The van der Waals surface area contributed by atoms with Gasteiger partial charge in [-0.1, -0.05) is 6.92 Å². The zero-order valence-corrected chi connectivity index (χ0v) is 10.5. The summed E-state index contributed by atoms with van der Waals surface area (Å²) in [6.45, 7) is 4.70. The van der Waals surface area contributed by atoms with Crippen LogP contribution >= 0.6 is 11.6 Å². The lowest BCUT2D eigenvalue weighted by molar-refractivity contribution is 0.534. The van der Waals surface area contributed by atoms with Crippen LogP contribution in [-0.4, -0.2) is 26.7 Å². The van der Waals surface area contributed by atoms with Crippen LogP contribution in [0.2, 0.25) is 0 Å². The highest BCUT2D eigenvalue weighted by atomic mass is 35.5. The van der Waals surface area contributed by atoms with Gasteiger partial charge in [-0.2, -0.15) is 5.10 Å². The van der Waals surface area contributed by atoms with Gasteiger partial charge in [0.15, 0.2) is 0 Å². The van der Waals surface area contributed by atoms with Crippen LogP contribution in [-0.2, 0) is 13.1 Å². The lowest BCUT2D eigenvalue weighted by Gasteiger charge is -2.09. The van der Waals surface area contributed by atoms with E-state index in [0.29, 0.717) is 0 Å². The lowest BCUT2D eigenvalue weighted by atomic mass is 10.3. The number of alkyl halides is 1. The molecular weight excluding hydrogens is 224 g/mol. The summed E-state index contributed by atoms with van der Waals surface area (Å²) in [7, 11) is 0. The summed E-state index contributed by atoms with van der Waals surface area (Å²) in [5.41, 5.74) is 0. The number of nitrogens with one attached hydrogen (secondary N) is 1. The largest absolute Gasteiger partial charge is 0.308 e. The molecule has 1 heterocycles. The normalized spacial score (nSPS) is 17.6. The molecule has 2 rings (SSSR count). The summed E-state index contributed by atoms with van der Waals surface area (Å²) in [5.74, 6) is 1.74. The van der Waals surface area contributed by atoms with Crippen LogP contribution in [0, 0.1) is 5.92 Å². The predicted molar refractivity (Wildman–Crippen MR) is 64.4 cm³/mol. The summed E-state index contributed by atoms with van der Waals surface area (Å²) >= 11 is 6.21. The maximum Gasteiger partial charge on any atom is 0.140 e. The van der Waals surface area contributed by atoms with Gasteiger partial charge in [-0.3, -0.25) is 0 Å². The molecule has 1 aliphatic carbocycles. The third-order valence-corrected chi connectivity index (χ3v) is 3.40. The third kappa shape index (κ3) is 3.19. The fourth-order valence-electron chi connectivity index (χ4n) is 1.77. The standard InChI is InChI=1S/C11H19ClN4/c1-2-5-16-11(14-8-15-16)7-13-6-10(12)9-3-4-9/h8-10,13H,2-7H2,1H3. The maximum atomic E-state index is 6.21. The van der Waals surface area contributed by atoms with Crippen molar-refractivity contribution >= 4 is 11.6 Å². The van der Waals surface area contributed by atoms with Crippen molar-refractivity contribution in [1.82, 2.24) is 20.1 Å². The summed E-state index contributed by atoms with van der Waals surface area (Å²) in [6.07, 6.45) is 5.28. The van der Waals surface area contributed by atoms with Crippen LogP contribution < -0.4 is 5.32 Å². The second-order valence-electron chi connectivity index (χ2n) is 4.38. The molecule has 4 nitrogen and oxygen atoms in total. The molecule has 0 aliphatic heterocycles. The lowest BCUT2D eigenvalue weighted by Crippen LogP contribution is -2.25.